The van der Waals surface area contributed by atoms with Crippen molar-refractivity contribution in [3.8, 4) is 0 Å². The van der Waals surface area contributed by atoms with Crippen LogP contribution in [0, 0.1) is 5.41 Å². The molecule has 1 fully saturated rings. The monoisotopic (exact) mass is 315 g/mol. The second-order valence-electron chi connectivity index (χ2n) is 6.81. The van der Waals surface area contributed by atoms with Gasteiger partial charge in [0.2, 0.25) is 5.91 Å². The van der Waals surface area contributed by atoms with Crippen LogP contribution in [0.2, 0.25) is 0 Å². The van der Waals surface area contributed by atoms with Crippen molar-refractivity contribution in [1.29, 1.82) is 0 Å². The minimum Gasteiger partial charge on any atom is -0.365 e. The molecule has 1 saturated heterocycles. The minimum atomic E-state index is -4.39. The Bertz CT molecular complexity index is 534. The molecular formula is C15H20F3N3O. The number of alkyl halides is 3. The summed E-state index contributed by atoms with van der Waals surface area (Å²) in [6.07, 6.45) is -3.26. The van der Waals surface area contributed by atoms with Crippen molar-refractivity contribution in [2.45, 2.75) is 39.4 Å². The Hall–Kier alpha value is -1.79. The number of likely N-dealkylation sites (tertiary alicyclic amines) is 1. The quantitative estimate of drug-likeness (QED) is 0.932. The molecule has 0 spiro atoms. The van der Waals surface area contributed by atoms with E-state index in [9.17, 15) is 18.0 Å². The molecule has 1 amide bonds. The number of aromatic nitrogens is 1. The Kier molecular flexibility index (Phi) is 4.35. The summed E-state index contributed by atoms with van der Waals surface area (Å²) in [5.41, 5.74) is -0.771. The van der Waals surface area contributed by atoms with Crippen molar-refractivity contribution < 1.29 is 18.0 Å². The van der Waals surface area contributed by atoms with Gasteiger partial charge in [0, 0.05) is 25.7 Å². The average molecular weight is 315 g/mol. The predicted molar refractivity (Wildman–Crippen MR) is 77.3 cm³/mol. The van der Waals surface area contributed by atoms with Crippen LogP contribution in [0.4, 0.5) is 19.0 Å². The largest absolute Gasteiger partial charge is 0.417 e. The van der Waals surface area contributed by atoms with Crippen LogP contribution in [0.5, 0.6) is 0 Å². The fourth-order valence-corrected chi connectivity index (χ4v) is 2.45. The number of hydrogen-bond donors (Lipinski definition) is 1. The Morgan fingerprint density at radius 2 is 2.00 bits per heavy atom. The second kappa shape index (κ2) is 5.78. The van der Waals surface area contributed by atoms with Gasteiger partial charge in [0.25, 0.3) is 0 Å². The fourth-order valence-electron chi connectivity index (χ4n) is 2.45. The Morgan fingerprint density at radius 1 is 1.32 bits per heavy atom. The lowest BCUT2D eigenvalue weighted by molar-refractivity contribution is -0.137. The third-order valence-corrected chi connectivity index (χ3v) is 3.32. The molecule has 1 aliphatic rings. The number of carbonyl (C=O) groups excluding carboxylic acids is 1. The first-order chi connectivity index (χ1) is 10.0. The van der Waals surface area contributed by atoms with Gasteiger partial charge in [-0.15, -0.1) is 0 Å². The van der Waals surface area contributed by atoms with E-state index in [4.69, 9.17) is 0 Å². The van der Waals surface area contributed by atoms with Crippen molar-refractivity contribution in [1.82, 2.24) is 9.88 Å². The van der Waals surface area contributed by atoms with Crippen LogP contribution in [-0.2, 0) is 11.0 Å². The van der Waals surface area contributed by atoms with Gasteiger partial charge in [-0.3, -0.25) is 4.79 Å². The number of amides is 1. The summed E-state index contributed by atoms with van der Waals surface area (Å²) in [6.45, 7) is 7.36. The first kappa shape index (κ1) is 16.6. The van der Waals surface area contributed by atoms with Gasteiger partial charge in [-0.2, -0.15) is 13.2 Å². The van der Waals surface area contributed by atoms with Crippen molar-refractivity contribution in [2.24, 2.45) is 5.41 Å². The van der Waals surface area contributed by atoms with Crippen LogP contribution < -0.4 is 5.32 Å². The maximum atomic E-state index is 12.5. The summed E-state index contributed by atoms with van der Waals surface area (Å²) >= 11 is 0. The number of carbonyl (C=O) groups is 1. The first-order valence-electron chi connectivity index (χ1n) is 7.12. The van der Waals surface area contributed by atoms with Crippen LogP contribution in [-0.4, -0.2) is 34.9 Å². The van der Waals surface area contributed by atoms with Gasteiger partial charge < -0.3 is 10.2 Å². The van der Waals surface area contributed by atoms with E-state index in [1.165, 1.54) is 6.07 Å². The normalized spacial score (nSPS) is 19.6. The van der Waals surface area contributed by atoms with Crippen molar-refractivity contribution in [2.75, 3.05) is 18.4 Å². The lowest BCUT2D eigenvalue weighted by Crippen LogP contribution is -2.35. The summed E-state index contributed by atoms with van der Waals surface area (Å²) in [4.78, 5) is 17.5. The van der Waals surface area contributed by atoms with Crippen molar-refractivity contribution in [3.05, 3.63) is 23.9 Å². The highest BCUT2D eigenvalue weighted by Gasteiger charge is 2.33. The summed E-state index contributed by atoms with van der Waals surface area (Å²) in [7, 11) is 0. The molecule has 0 bridgehead atoms. The molecule has 4 nitrogen and oxygen atoms in total. The van der Waals surface area contributed by atoms with Crippen LogP contribution in [0.25, 0.3) is 0 Å². The molecule has 0 saturated carbocycles. The number of nitrogens with zero attached hydrogens (tertiary/aromatic N) is 2. The van der Waals surface area contributed by atoms with Gasteiger partial charge in [-0.1, -0.05) is 20.8 Å². The Morgan fingerprint density at radius 3 is 2.50 bits per heavy atom. The van der Waals surface area contributed by atoms with E-state index in [-0.39, 0.29) is 17.4 Å². The van der Waals surface area contributed by atoms with E-state index in [1.807, 2.05) is 0 Å². The number of halogens is 3. The summed E-state index contributed by atoms with van der Waals surface area (Å²) < 4.78 is 37.4. The molecule has 1 aliphatic heterocycles. The van der Waals surface area contributed by atoms with Gasteiger partial charge in [-0.05, 0) is 17.5 Å². The summed E-state index contributed by atoms with van der Waals surface area (Å²) in [6, 6.07) is 2.15. The summed E-state index contributed by atoms with van der Waals surface area (Å²) in [5.74, 6) is 0.405. The highest BCUT2D eigenvalue weighted by molar-refractivity contribution is 5.80. The standard InChI is InChI=1S/C15H20F3N3O/c1-14(2,3)9-21-8-11(6-13(21)22)20-12-5-4-10(7-19-12)15(16,17)18/h4-5,7,11H,6,8-9H2,1-3H3,(H,19,20). The zero-order valence-corrected chi connectivity index (χ0v) is 12.9. The third kappa shape index (κ3) is 4.35. The highest BCUT2D eigenvalue weighted by Crippen LogP contribution is 2.29. The van der Waals surface area contributed by atoms with E-state index in [0.717, 1.165) is 12.3 Å². The minimum absolute atomic E-state index is 0.0111. The molecule has 2 heterocycles. The lowest BCUT2D eigenvalue weighted by atomic mass is 9.96. The van der Waals surface area contributed by atoms with Crippen molar-refractivity contribution >= 4 is 11.7 Å². The molecule has 1 aromatic rings. The zero-order valence-electron chi connectivity index (χ0n) is 12.9. The van der Waals surface area contributed by atoms with Crippen molar-refractivity contribution in [3.63, 3.8) is 0 Å². The molecule has 1 unspecified atom stereocenters. The van der Waals surface area contributed by atoms with E-state index < -0.39 is 11.7 Å². The van der Waals surface area contributed by atoms with E-state index in [2.05, 4.69) is 31.1 Å². The molecule has 0 aromatic carbocycles. The molecule has 1 atom stereocenters. The van der Waals surface area contributed by atoms with E-state index in [1.54, 1.807) is 4.90 Å². The van der Waals surface area contributed by atoms with Gasteiger partial charge in [-0.25, -0.2) is 4.98 Å². The Balaban J connectivity index is 1.96. The van der Waals surface area contributed by atoms with Gasteiger partial charge >= 0.3 is 6.18 Å². The third-order valence-electron chi connectivity index (χ3n) is 3.32. The molecule has 22 heavy (non-hydrogen) atoms. The zero-order chi connectivity index (χ0) is 16.5. The fraction of sp³-hybridized carbons (Fsp3) is 0.600. The highest BCUT2D eigenvalue weighted by atomic mass is 19.4. The smallest absolute Gasteiger partial charge is 0.365 e. The molecule has 7 heteroatoms. The molecule has 122 valence electrons. The van der Waals surface area contributed by atoms with Gasteiger partial charge in [0.05, 0.1) is 11.6 Å². The predicted octanol–water partition coefficient (Wildman–Crippen LogP) is 3.16. The lowest BCUT2D eigenvalue weighted by Gasteiger charge is -2.26. The maximum absolute atomic E-state index is 12.5. The van der Waals surface area contributed by atoms with Crippen LogP contribution in [0.15, 0.2) is 18.3 Å². The average Bonchev–Trinajstić information content (AvgIpc) is 2.67. The SMILES string of the molecule is CC(C)(C)CN1CC(Nc2ccc(C(F)(F)F)cn2)CC1=O. The van der Waals surface area contributed by atoms with Crippen LogP contribution in [0.1, 0.15) is 32.8 Å². The topological polar surface area (TPSA) is 45.2 Å². The van der Waals surface area contributed by atoms with E-state index in [0.29, 0.717) is 25.3 Å². The molecule has 0 aliphatic carbocycles. The Labute approximate surface area is 127 Å². The maximum Gasteiger partial charge on any atom is 0.417 e. The molecule has 1 N–H and O–H groups in total. The second-order valence-corrected chi connectivity index (χ2v) is 6.81. The summed E-state index contributed by atoms with van der Waals surface area (Å²) in [5, 5.41) is 3.02. The molecule has 0 radical (unpaired) electrons. The first-order valence-corrected chi connectivity index (χ1v) is 7.12. The van der Waals surface area contributed by atoms with Crippen LogP contribution in [0.3, 0.4) is 0 Å². The number of nitrogens with one attached hydrogen (secondary N) is 1. The number of anilines is 1. The van der Waals surface area contributed by atoms with E-state index >= 15 is 0 Å². The number of hydrogen-bond acceptors (Lipinski definition) is 3. The van der Waals surface area contributed by atoms with Gasteiger partial charge in [0.1, 0.15) is 5.82 Å². The molecule has 1 aromatic heterocycles. The molecular weight excluding hydrogens is 295 g/mol. The van der Waals surface area contributed by atoms with Gasteiger partial charge in [0.15, 0.2) is 0 Å². The number of rotatable bonds is 3. The number of pyridine rings is 1. The van der Waals surface area contributed by atoms with Crippen LogP contribution >= 0.6 is 0 Å². The molecule has 2 rings (SSSR count).